The molecule has 39 heavy (non-hydrogen) atoms. The molecule has 3 heterocycles. The van der Waals surface area contributed by atoms with E-state index in [2.05, 4.69) is 15.0 Å². The number of nitrogens with zero attached hydrogens (tertiary/aromatic N) is 3. The van der Waals surface area contributed by atoms with E-state index in [0.29, 0.717) is 37.6 Å². The van der Waals surface area contributed by atoms with Gasteiger partial charge in [0, 0.05) is 43.4 Å². The number of nitrogens with one attached hydrogen (secondary N) is 2. The minimum Gasteiger partial charge on any atom is -0.339 e. The Labute approximate surface area is 233 Å². The maximum absolute atomic E-state index is 13.4. The van der Waals surface area contributed by atoms with Gasteiger partial charge >= 0.3 is 0 Å². The van der Waals surface area contributed by atoms with Crippen LogP contribution in [-0.2, 0) is 26.2 Å². The summed E-state index contributed by atoms with van der Waals surface area (Å²) in [5.41, 5.74) is 0.943. The molecule has 9 nitrogen and oxygen atoms in total. The molecule has 5 rings (SSSR count). The summed E-state index contributed by atoms with van der Waals surface area (Å²) in [6.07, 6.45) is 3.88. The zero-order chi connectivity index (χ0) is 27.6. The van der Waals surface area contributed by atoms with E-state index in [-0.39, 0.29) is 22.8 Å². The Morgan fingerprint density at radius 2 is 1.90 bits per heavy atom. The first-order valence-corrected chi connectivity index (χ1v) is 15.0. The number of hydrogen-bond donors (Lipinski definition) is 2. The second-order valence-electron chi connectivity index (χ2n) is 10.1. The molecule has 2 N–H and O–H groups in total. The Balaban J connectivity index is 1.19. The highest BCUT2D eigenvalue weighted by Crippen LogP contribution is 2.24. The Kier molecular flexibility index (Phi) is 8.18. The highest BCUT2D eigenvalue weighted by molar-refractivity contribution is 7.89. The van der Waals surface area contributed by atoms with Gasteiger partial charge in [-0.25, -0.2) is 8.42 Å². The van der Waals surface area contributed by atoms with Gasteiger partial charge in [0.15, 0.2) is 0 Å². The molecule has 2 aliphatic heterocycles. The number of piperidine rings is 1. The van der Waals surface area contributed by atoms with Gasteiger partial charge in [-0.15, -0.1) is 0 Å². The molecule has 0 saturated carbocycles. The monoisotopic (exact) mass is 569 g/mol. The van der Waals surface area contributed by atoms with Crippen LogP contribution in [0.2, 0.25) is 5.02 Å². The number of benzene rings is 2. The number of pyridine rings is 1. The van der Waals surface area contributed by atoms with Gasteiger partial charge in [0.05, 0.1) is 10.6 Å². The average Bonchev–Trinajstić information content (AvgIpc) is 3.30. The number of hydrogen-bond acceptors (Lipinski definition) is 6. The van der Waals surface area contributed by atoms with Crippen molar-refractivity contribution in [1.82, 2.24) is 24.8 Å². The maximum atomic E-state index is 13.4. The van der Waals surface area contributed by atoms with Gasteiger partial charge in [-0.3, -0.25) is 14.6 Å². The fourth-order valence-corrected chi connectivity index (χ4v) is 6.75. The first-order valence-electron chi connectivity index (χ1n) is 13.2. The molecular weight excluding hydrogens is 538 g/mol. The van der Waals surface area contributed by atoms with E-state index in [9.17, 15) is 18.0 Å². The number of carbonyl (C=O) groups is 2. The van der Waals surface area contributed by atoms with Crippen molar-refractivity contribution in [2.24, 2.45) is 0 Å². The fourth-order valence-electron chi connectivity index (χ4n) is 5.31. The summed E-state index contributed by atoms with van der Waals surface area (Å²) in [7, 11) is -3.94. The van der Waals surface area contributed by atoms with Crippen LogP contribution in [0.5, 0.6) is 0 Å². The number of halogens is 1. The summed E-state index contributed by atoms with van der Waals surface area (Å²) in [6.45, 7) is 3.85. The fraction of sp³-hybridized carbons (Fsp3) is 0.393. The molecule has 1 unspecified atom stereocenters. The van der Waals surface area contributed by atoms with Gasteiger partial charge in [-0.1, -0.05) is 29.8 Å². The van der Waals surface area contributed by atoms with Crippen LogP contribution in [0.3, 0.4) is 0 Å². The van der Waals surface area contributed by atoms with Crippen LogP contribution in [-0.4, -0.2) is 72.8 Å². The second-order valence-corrected chi connectivity index (χ2v) is 12.3. The summed E-state index contributed by atoms with van der Waals surface area (Å²) in [5, 5.41) is 5.60. The summed E-state index contributed by atoms with van der Waals surface area (Å²) in [5.74, 6) is -0.502. The van der Waals surface area contributed by atoms with Crippen molar-refractivity contribution in [1.29, 1.82) is 0 Å². The van der Waals surface area contributed by atoms with Crippen LogP contribution in [0.15, 0.2) is 65.7 Å². The van der Waals surface area contributed by atoms with E-state index in [4.69, 9.17) is 11.6 Å². The number of aromatic nitrogens is 1. The molecule has 3 atom stereocenters. The quantitative estimate of drug-likeness (QED) is 0.431. The largest absolute Gasteiger partial charge is 0.339 e. The average molecular weight is 570 g/mol. The van der Waals surface area contributed by atoms with Gasteiger partial charge in [-0.05, 0) is 73.4 Å². The van der Waals surface area contributed by atoms with Crippen molar-refractivity contribution in [3.05, 3.63) is 71.5 Å². The lowest BCUT2D eigenvalue weighted by atomic mass is 10.0. The zero-order valence-corrected chi connectivity index (χ0v) is 23.3. The molecule has 2 aromatic carbocycles. The molecular formula is C28H32ClN5O4S. The van der Waals surface area contributed by atoms with Gasteiger partial charge < -0.3 is 15.1 Å². The molecule has 2 amide bonds. The first kappa shape index (κ1) is 27.5. The van der Waals surface area contributed by atoms with Crippen molar-refractivity contribution >= 4 is 44.2 Å². The minimum absolute atomic E-state index is 0.0743. The van der Waals surface area contributed by atoms with Crippen LogP contribution in [0, 0.1) is 0 Å². The van der Waals surface area contributed by atoms with E-state index in [1.807, 2.05) is 18.2 Å². The Morgan fingerprint density at radius 1 is 1.10 bits per heavy atom. The number of sulfonamides is 1. The topological polar surface area (TPSA) is 112 Å². The van der Waals surface area contributed by atoms with E-state index in [1.54, 1.807) is 48.4 Å². The predicted octanol–water partition coefficient (Wildman–Crippen LogP) is 2.94. The molecule has 2 saturated heterocycles. The predicted molar refractivity (Wildman–Crippen MR) is 150 cm³/mol. The normalized spacial score (nSPS) is 20.9. The van der Waals surface area contributed by atoms with Crippen molar-refractivity contribution < 1.29 is 18.0 Å². The summed E-state index contributed by atoms with van der Waals surface area (Å²) < 4.78 is 28.8. The molecule has 2 fully saturated rings. The highest BCUT2D eigenvalue weighted by Gasteiger charge is 2.40. The molecule has 1 aromatic heterocycles. The molecule has 2 aliphatic rings. The lowest BCUT2D eigenvalue weighted by Crippen LogP contribution is -2.54. The third-order valence-electron chi connectivity index (χ3n) is 7.48. The smallest absolute Gasteiger partial charge is 0.245 e. The van der Waals surface area contributed by atoms with E-state index in [1.165, 1.54) is 11.0 Å². The Hall–Kier alpha value is -3.05. The van der Waals surface area contributed by atoms with Crippen molar-refractivity contribution in [3.8, 4) is 0 Å². The van der Waals surface area contributed by atoms with Crippen LogP contribution < -0.4 is 10.0 Å². The van der Waals surface area contributed by atoms with Gasteiger partial charge in [0.1, 0.15) is 12.1 Å². The molecule has 11 heteroatoms. The van der Waals surface area contributed by atoms with Crippen LogP contribution in [0.25, 0.3) is 10.8 Å². The van der Waals surface area contributed by atoms with Gasteiger partial charge in [0.25, 0.3) is 0 Å². The molecule has 0 spiro atoms. The van der Waals surface area contributed by atoms with E-state index < -0.39 is 22.1 Å². The van der Waals surface area contributed by atoms with Gasteiger partial charge in [-0.2, -0.15) is 4.72 Å². The van der Waals surface area contributed by atoms with Crippen molar-refractivity contribution in [2.75, 3.05) is 19.6 Å². The Morgan fingerprint density at radius 3 is 2.69 bits per heavy atom. The second kappa shape index (κ2) is 11.6. The van der Waals surface area contributed by atoms with Gasteiger partial charge in [0.2, 0.25) is 21.8 Å². The molecule has 0 aliphatic carbocycles. The third kappa shape index (κ3) is 6.24. The summed E-state index contributed by atoms with van der Waals surface area (Å²) in [6, 6.07) is 14.3. The maximum Gasteiger partial charge on any atom is 0.245 e. The summed E-state index contributed by atoms with van der Waals surface area (Å²) >= 11 is 6.03. The number of fused-ring (bicyclic) bond motifs is 1. The number of amides is 2. The third-order valence-corrected chi connectivity index (χ3v) is 9.18. The Bertz CT molecular complexity index is 1470. The van der Waals surface area contributed by atoms with Crippen LogP contribution >= 0.6 is 11.6 Å². The zero-order valence-electron chi connectivity index (χ0n) is 21.7. The van der Waals surface area contributed by atoms with E-state index >= 15 is 0 Å². The first-order chi connectivity index (χ1) is 18.7. The van der Waals surface area contributed by atoms with Crippen LogP contribution in [0.4, 0.5) is 0 Å². The number of carbonyl (C=O) groups excluding carboxylic acids is 2. The summed E-state index contributed by atoms with van der Waals surface area (Å²) in [4.78, 5) is 34.3. The molecule has 206 valence electrons. The number of likely N-dealkylation sites (tertiary alicyclic amines) is 2. The molecule has 0 bridgehead atoms. The standard InChI is InChI=1S/C28H32ClN5O4S/c1-19(27(35)33-13-4-6-24(18-33)31-17-23-5-2-3-12-30-23)34-14-11-26(28(34)36)32-39(37,38)25-10-8-20-15-22(29)9-7-21(20)16-25/h2-3,5,7-10,12,15-16,19,24,26,31-32H,4,6,11,13-14,17-18H2,1H3/t19-,24?,26-/m0/s1. The lowest BCUT2D eigenvalue weighted by molar-refractivity contribution is -0.144. The molecule has 3 aromatic rings. The lowest BCUT2D eigenvalue weighted by Gasteiger charge is -2.36. The SMILES string of the molecule is C[C@@H](C(=O)N1CCCC(NCc2ccccn2)C1)N1CC[C@H](NS(=O)(=O)c2ccc3cc(Cl)ccc3c2)C1=O. The highest BCUT2D eigenvalue weighted by atomic mass is 35.5. The minimum atomic E-state index is -3.94. The van der Waals surface area contributed by atoms with Crippen molar-refractivity contribution in [2.45, 2.75) is 55.8 Å². The van der Waals surface area contributed by atoms with Crippen LogP contribution in [0.1, 0.15) is 31.9 Å². The van der Waals surface area contributed by atoms with E-state index in [0.717, 1.165) is 29.3 Å². The van der Waals surface area contributed by atoms with Crippen molar-refractivity contribution in [3.63, 3.8) is 0 Å². The number of rotatable bonds is 8. The molecule has 0 radical (unpaired) electrons.